The Morgan fingerprint density at radius 3 is 2.77 bits per heavy atom. The molecule has 1 amide bonds. The number of nitrogens with one attached hydrogen (secondary N) is 1. The molecule has 1 atom stereocenters. The number of hydrogen-bond donors (Lipinski definition) is 2. The molecule has 0 spiro atoms. The van der Waals surface area contributed by atoms with E-state index in [0.717, 1.165) is 16.3 Å². The summed E-state index contributed by atoms with van der Waals surface area (Å²) in [4.78, 5) is 31.7. The average molecular weight is 341 g/mol. The summed E-state index contributed by atoms with van der Waals surface area (Å²) in [6.45, 7) is 3.75. The van der Waals surface area contributed by atoms with Gasteiger partial charge < -0.3 is 15.2 Å². The van der Waals surface area contributed by atoms with Gasteiger partial charge in [-0.05, 0) is 13.8 Å². The van der Waals surface area contributed by atoms with Gasteiger partial charge in [-0.25, -0.2) is 14.8 Å². The van der Waals surface area contributed by atoms with Gasteiger partial charge in [0.25, 0.3) is 5.91 Å². The Kier molecular flexibility index (Phi) is 5.22. The van der Waals surface area contributed by atoms with Crippen molar-refractivity contribution in [2.24, 2.45) is 0 Å². The minimum Gasteiger partial charge on any atom is -0.477 e. The van der Waals surface area contributed by atoms with E-state index >= 15 is 0 Å². The van der Waals surface area contributed by atoms with Gasteiger partial charge in [0.15, 0.2) is 0 Å². The molecule has 0 radical (unpaired) electrons. The molecule has 1 unspecified atom stereocenters. The Balaban J connectivity index is 2.07. The highest BCUT2D eigenvalue weighted by Crippen LogP contribution is 2.24. The van der Waals surface area contributed by atoms with Gasteiger partial charge in [-0.2, -0.15) is 0 Å². The lowest BCUT2D eigenvalue weighted by Gasteiger charge is -2.09. The molecule has 2 aromatic heterocycles. The molecule has 2 aromatic rings. The number of ether oxygens (including phenoxy) is 1. The summed E-state index contributed by atoms with van der Waals surface area (Å²) in [6, 6.07) is -0.392. The van der Waals surface area contributed by atoms with Crippen molar-refractivity contribution in [3.05, 3.63) is 31.7 Å². The maximum Gasteiger partial charge on any atom is 0.347 e. The van der Waals surface area contributed by atoms with Gasteiger partial charge in [0.1, 0.15) is 20.6 Å². The van der Waals surface area contributed by atoms with Crippen LogP contribution in [0.1, 0.15) is 48.8 Å². The van der Waals surface area contributed by atoms with Crippen LogP contribution < -0.4 is 5.32 Å². The second-order valence-electron chi connectivity index (χ2n) is 4.53. The van der Waals surface area contributed by atoms with Gasteiger partial charge in [-0.1, -0.05) is 0 Å². The highest BCUT2D eigenvalue weighted by Gasteiger charge is 2.20. The third kappa shape index (κ3) is 3.67. The normalized spacial score (nSPS) is 12.1. The van der Waals surface area contributed by atoms with E-state index in [-0.39, 0.29) is 10.8 Å². The third-order valence-corrected chi connectivity index (χ3v) is 4.93. The van der Waals surface area contributed by atoms with E-state index in [1.165, 1.54) is 11.3 Å². The number of aryl methyl sites for hydroxylation is 1. The number of carbonyl (C=O) groups is 2. The molecule has 9 heteroatoms. The van der Waals surface area contributed by atoms with Crippen molar-refractivity contribution in [1.29, 1.82) is 0 Å². The van der Waals surface area contributed by atoms with Gasteiger partial charge >= 0.3 is 5.97 Å². The molecule has 2 rings (SSSR count). The number of rotatable bonds is 6. The molecule has 0 aromatic carbocycles. The Morgan fingerprint density at radius 2 is 2.18 bits per heavy atom. The molecule has 0 saturated carbocycles. The first-order valence-corrected chi connectivity index (χ1v) is 8.06. The summed E-state index contributed by atoms with van der Waals surface area (Å²) >= 11 is 2.41. The zero-order valence-electron chi connectivity index (χ0n) is 12.2. The molecule has 2 heterocycles. The average Bonchev–Trinajstić information content (AvgIpc) is 3.06. The highest BCUT2D eigenvalue weighted by molar-refractivity contribution is 7.13. The zero-order chi connectivity index (χ0) is 16.3. The summed E-state index contributed by atoms with van der Waals surface area (Å²) in [5.41, 5.74) is 0.764. The molecule has 0 aliphatic heterocycles. The van der Waals surface area contributed by atoms with E-state index in [1.807, 2.05) is 0 Å². The van der Waals surface area contributed by atoms with Crippen LogP contribution >= 0.6 is 22.7 Å². The molecule has 0 saturated heterocycles. The maximum absolute atomic E-state index is 12.1. The number of carboxylic acids is 1. The summed E-state index contributed by atoms with van der Waals surface area (Å²) in [6.07, 6.45) is 0. The van der Waals surface area contributed by atoms with Crippen LogP contribution in [-0.4, -0.2) is 34.1 Å². The van der Waals surface area contributed by atoms with E-state index in [0.29, 0.717) is 23.0 Å². The lowest BCUT2D eigenvalue weighted by Crippen LogP contribution is -2.26. The van der Waals surface area contributed by atoms with Crippen molar-refractivity contribution in [2.45, 2.75) is 26.5 Å². The topological polar surface area (TPSA) is 101 Å². The summed E-state index contributed by atoms with van der Waals surface area (Å²) in [5.74, 6) is -1.33. The fourth-order valence-corrected chi connectivity index (χ4v) is 3.39. The number of thiazole rings is 2. The number of carboxylic acid groups (broad SMARTS) is 1. The van der Waals surface area contributed by atoms with Crippen LogP contribution in [0.2, 0.25) is 0 Å². The molecular formula is C13H15N3O4S2. The molecule has 2 N–H and O–H groups in total. The number of methoxy groups -OCH3 is 1. The van der Waals surface area contributed by atoms with Gasteiger partial charge in [-0.15, -0.1) is 22.7 Å². The minimum atomic E-state index is -1.01. The number of aromatic nitrogens is 2. The standard InChI is InChI=1S/C13H15N3O4S2/c1-6-10(13(18)19)22-12(15-6)7(2)14-11(17)8-5-21-9(16-8)4-20-3/h5,7H,4H2,1-3H3,(H,14,17)(H,18,19). The fourth-order valence-electron chi connectivity index (χ4n) is 1.74. The number of carbonyl (C=O) groups excluding carboxylic acids is 1. The first-order valence-electron chi connectivity index (χ1n) is 6.37. The second kappa shape index (κ2) is 6.95. The predicted molar refractivity (Wildman–Crippen MR) is 82.5 cm³/mol. The van der Waals surface area contributed by atoms with Crippen molar-refractivity contribution in [3.63, 3.8) is 0 Å². The Morgan fingerprint density at radius 1 is 1.45 bits per heavy atom. The summed E-state index contributed by atoms with van der Waals surface area (Å²) in [7, 11) is 1.56. The van der Waals surface area contributed by atoms with Gasteiger partial charge in [0.05, 0.1) is 18.3 Å². The van der Waals surface area contributed by atoms with Crippen molar-refractivity contribution < 1.29 is 19.4 Å². The van der Waals surface area contributed by atoms with E-state index in [9.17, 15) is 9.59 Å². The number of nitrogens with zero attached hydrogens (tertiary/aromatic N) is 2. The monoisotopic (exact) mass is 341 g/mol. The van der Waals surface area contributed by atoms with Gasteiger partial charge in [0, 0.05) is 12.5 Å². The first-order chi connectivity index (χ1) is 10.4. The molecule has 118 valence electrons. The highest BCUT2D eigenvalue weighted by atomic mass is 32.1. The SMILES string of the molecule is COCc1nc(C(=O)NC(C)c2nc(C)c(C(=O)O)s2)cs1. The summed E-state index contributed by atoms with van der Waals surface area (Å²) < 4.78 is 4.96. The van der Waals surface area contributed by atoms with Crippen molar-refractivity contribution in [1.82, 2.24) is 15.3 Å². The smallest absolute Gasteiger partial charge is 0.347 e. The molecule has 0 aliphatic carbocycles. The number of aromatic carboxylic acids is 1. The van der Waals surface area contributed by atoms with E-state index in [4.69, 9.17) is 9.84 Å². The van der Waals surface area contributed by atoms with Crippen molar-refractivity contribution in [3.8, 4) is 0 Å². The number of amides is 1. The molecule has 7 nitrogen and oxygen atoms in total. The Bertz CT molecular complexity index is 695. The van der Waals surface area contributed by atoms with Crippen molar-refractivity contribution >= 4 is 34.6 Å². The predicted octanol–water partition coefficient (Wildman–Crippen LogP) is 2.24. The quantitative estimate of drug-likeness (QED) is 0.835. The van der Waals surface area contributed by atoms with E-state index < -0.39 is 12.0 Å². The van der Waals surface area contributed by atoms with Crippen molar-refractivity contribution in [2.75, 3.05) is 7.11 Å². The largest absolute Gasteiger partial charge is 0.477 e. The van der Waals surface area contributed by atoms with Crippen LogP contribution in [0.15, 0.2) is 5.38 Å². The third-order valence-electron chi connectivity index (χ3n) is 2.78. The molecule has 0 bridgehead atoms. The van der Waals surface area contributed by atoms with Crippen LogP contribution in [0.5, 0.6) is 0 Å². The first kappa shape index (κ1) is 16.5. The number of hydrogen-bond acceptors (Lipinski definition) is 7. The van der Waals surface area contributed by atoms with E-state index in [2.05, 4.69) is 15.3 Å². The lowest BCUT2D eigenvalue weighted by atomic mass is 10.3. The van der Waals surface area contributed by atoms with Crippen LogP contribution in [0, 0.1) is 6.92 Å². The van der Waals surface area contributed by atoms with Gasteiger partial charge in [-0.3, -0.25) is 4.79 Å². The molecule has 0 aliphatic rings. The molecular weight excluding hydrogens is 326 g/mol. The van der Waals surface area contributed by atoms with Crippen LogP contribution in [0.3, 0.4) is 0 Å². The van der Waals surface area contributed by atoms with Gasteiger partial charge in [0.2, 0.25) is 0 Å². The van der Waals surface area contributed by atoms with Crippen LogP contribution in [0.25, 0.3) is 0 Å². The summed E-state index contributed by atoms with van der Waals surface area (Å²) in [5, 5.41) is 14.7. The molecule has 22 heavy (non-hydrogen) atoms. The Hall–Kier alpha value is -1.84. The lowest BCUT2D eigenvalue weighted by molar-refractivity contribution is 0.0701. The minimum absolute atomic E-state index is 0.187. The van der Waals surface area contributed by atoms with E-state index in [1.54, 1.807) is 26.3 Å². The second-order valence-corrected chi connectivity index (χ2v) is 6.50. The molecule has 0 fully saturated rings. The fraction of sp³-hybridized carbons (Fsp3) is 0.385. The Labute approximate surface area is 135 Å². The van der Waals surface area contributed by atoms with Crippen LogP contribution in [0.4, 0.5) is 0 Å². The maximum atomic E-state index is 12.1. The zero-order valence-corrected chi connectivity index (χ0v) is 13.9. The van der Waals surface area contributed by atoms with Crippen LogP contribution in [-0.2, 0) is 11.3 Å².